The van der Waals surface area contributed by atoms with E-state index in [1.807, 2.05) is 0 Å². The van der Waals surface area contributed by atoms with Crippen LogP contribution in [0.1, 0.15) is 355 Å². The number of ether oxygens (including phenoxy) is 3. The second-order valence-corrected chi connectivity index (χ2v) is 29.8. The minimum atomic E-state index is -4.92. The van der Waals surface area contributed by atoms with Crippen LogP contribution in [-0.2, 0) is 55.8 Å². The van der Waals surface area contributed by atoms with Gasteiger partial charge in [0.05, 0.1) is 26.4 Å². The molecular formula is C81H146O16P2. The fourth-order valence-corrected chi connectivity index (χ4v) is 12.6. The number of allylic oxidation sites excluding steroid dienone is 14. The third-order valence-corrected chi connectivity index (χ3v) is 19.0. The van der Waals surface area contributed by atoms with Gasteiger partial charge in [0, 0.05) is 19.3 Å². The highest BCUT2D eigenvalue weighted by Gasteiger charge is 2.29. The zero-order valence-electron chi connectivity index (χ0n) is 62.9. The molecule has 16 nitrogen and oxygen atoms in total. The Kier molecular flexibility index (Phi) is 72.0. The molecule has 0 aliphatic rings. The van der Waals surface area contributed by atoms with Crippen LogP contribution in [0.25, 0.3) is 0 Å². The molecule has 5 atom stereocenters. The molecule has 0 saturated heterocycles. The van der Waals surface area contributed by atoms with E-state index in [0.29, 0.717) is 19.3 Å². The highest BCUT2D eigenvalue weighted by atomic mass is 31.2. The summed E-state index contributed by atoms with van der Waals surface area (Å²) in [7, 11) is -9.77. The van der Waals surface area contributed by atoms with E-state index in [1.54, 1.807) is 0 Å². The highest BCUT2D eigenvalue weighted by Crippen LogP contribution is 2.45. The molecule has 0 spiro atoms. The summed E-state index contributed by atoms with van der Waals surface area (Å²) in [5, 5.41) is 20.6. The fraction of sp³-hybridized carbons (Fsp3) is 0.790. The molecule has 99 heavy (non-hydrogen) atoms. The summed E-state index contributed by atoms with van der Waals surface area (Å²) in [4.78, 5) is 58.5. The van der Waals surface area contributed by atoms with Crippen LogP contribution in [0.4, 0.5) is 0 Å². The van der Waals surface area contributed by atoms with Gasteiger partial charge in [0.25, 0.3) is 0 Å². The van der Waals surface area contributed by atoms with Crippen molar-refractivity contribution in [2.24, 2.45) is 0 Å². The maximum absolute atomic E-state index is 12.9. The normalized spacial score (nSPS) is 14.5. The summed E-state index contributed by atoms with van der Waals surface area (Å²) >= 11 is 0. The number of esters is 3. The van der Waals surface area contributed by atoms with Crippen molar-refractivity contribution in [1.29, 1.82) is 0 Å². The van der Waals surface area contributed by atoms with E-state index in [4.69, 9.17) is 32.3 Å². The lowest BCUT2D eigenvalue weighted by atomic mass is 10.0. The van der Waals surface area contributed by atoms with E-state index < -0.39 is 91.5 Å². The van der Waals surface area contributed by atoms with Gasteiger partial charge >= 0.3 is 33.6 Å². The Morgan fingerprint density at radius 1 is 0.293 bits per heavy atom. The van der Waals surface area contributed by atoms with Gasteiger partial charge in [-0.3, -0.25) is 32.5 Å². The maximum Gasteiger partial charge on any atom is 0.472 e. The van der Waals surface area contributed by atoms with Crippen molar-refractivity contribution in [3.8, 4) is 0 Å². The van der Waals surface area contributed by atoms with Crippen molar-refractivity contribution in [1.82, 2.24) is 0 Å². The molecule has 0 aromatic heterocycles. The van der Waals surface area contributed by atoms with Gasteiger partial charge in [-0.25, -0.2) is 9.13 Å². The van der Waals surface area contributed by atoms with E-state index in [-0.39, 0.29) is 19.3 Å². The summed E-state index contributed by atoms with van der Waals surface area (Å²) in [6, 6.07) is 0. The van der Waals surface area contributed by atoms with Crippen LogP contribution in [-0.4, -0.2) is 95.9 Å². The quantitative estimate of drug-likeness (QED) is 0.0146. The molecule has 576 valence electrons. The number of phosphoric acid groups is 2. The Labute approximate surface area is 604 Å². The number of hydrogen-bond acceptors (Lipinski definition) is 14. The highest BCUT2D eigenvalue weighted by molar-refractivity contribution is 7.47. The maximum atomic E-state index is 12.9. The molecule has 0 aromatic carbocycles. The molecule has 0 rings (SSSR count). The zero-order valence-corrected chi connectivity index (χ0v) is 64.7. The van der Waals surface area contributed by atoms with Crippen molar-refractivity contribution in [2.45, 2.75) is 373 Å². The molecule has 18 heteroatoms. The lowest BCUT2D eigenvalue weighted by molar-refractivity contribution is -0.161. The molecule has 0 aliphatic carbocycles. The van der Waals surface area contributed by atoms with Crippen molar-refractivity contribution in [2.75, 3.05) is 39.6 Å². The largest absolute Gasteiger partial charge is 0.472 e. The number of aliphatic hydroxyl groups is 2. The van der Waals surface area contributed by atoms with Gasteiger partial charge in [-0.15, -0.1) is 0 Å². The van der Waals surface area contributed by atoms with Crippen LogP contribution in [0.3, 0.4) is 0 Å². The predicted octanol–water partition coefficient (Wildman–Crippen LogP) is 23.2. The van der Waals surface area contributed by atoms with Crippen LogP contribution in [0.15, 0.2) is 85.1 Å². The molecule has 0 heterocycles. The standard InChI is InChI=1S/C81H146O16P2/c1-4-7-10-13-16-19-22-25-27-28-29-30-31-32-33-34-35-36-37-38-39-40-41-42-43-44-45-46-48-51-52-55-58-61-64-67-79(84)91-70-76(82)71-93-98(87,88)94-72-77(83)73-95-99(89,90)96-75-78(97-81(86)69-66-63-60-57-54-49-24-21-18-15-12-9-6-3)74-92-80(85)68-65-62-59-56-53-50-47-26-23-20-17-14-11-8-5-2/h7,10,16,19,25-27,29-30,32-33,35-36,47,76-78,82-83H,4-6,8-9,11-15,17-18,20-24,28,31,34,37-46,48-75H2,1-3H3,(H,87,88)(H,89,90)/b10-7-,19-16-,27-25-,30-29-,33-32-,36-35-,47-26-. The van der Waals surface area contributed by atoms with E-state index in [9.17, 15) is 43.5 Å². The summed E-state index contributed by atoms with van der Waals surface area (Å²) in [5.74, 6) is -1.56. The first-order valence-corrected chi connectivity index (χ1v) is 42.9. The minimum absolute atomic E-state index is 0.109. The van der Waals surface area contributed by atoms with Gasteiger partial charge in [-0.1, -0.05) is 324 Å². The van der Waals surface area contributed by atoms with Gasteiger partial charge in [-0.05, 0) is 96.3 Å². The first-order chi connectivity index (χ1) is 48.2. The second kappa shape index (κ2) is 74.4. The van der Waals surface area contributed by atoms with Crippen LogP contribution >= 0.6 is 15.6 Å². The monoisotopic (exact) mass is 1440 g/mol. The van der Waals surface area contributed by atoms with Crippen LogP contribution in [0.5, 0.6) is 0 Å². The summed E-state index contributed by atoms with van der Waals surface area (Å²) in [5.41, 5.74) is 0. The minimum Gasteiger partial charge on any atom is -0.463 e. The molecule has 0 aromatic rings. The predicted molar refractivity (Wildman–Crippen MR) is 408 cm³/mol. The average molecular weight is 1440 g/mol. The summed E-state index contributed by atoms with van der Waals surface area (Å²) < 4.78 is 61.0. The molecule has 0 amide bonds. The molecule has 0 radical (unpaired) electrons. The molecule has 4 N–H and O–H groups in total. The average Bonchev–Trinajstić information content (AvgIpc) is 1.09. The zero-order chi connectivity index (χ0) is 72.3. The lowest BCUT2D eigenvalue weighted by Crippen LogP contribution is -2.30. The third kappa shape index (κ3) is 75.7. The van der Waals surface area contributed by atoms with E-state index in [2.05, 4.69) is 106 Å². The van der Waals surface area contributed by atoms with E-state index >= 15 is 0 Å². The number of hydrogen-bond donors (Lipinski definition) is 4. The van der Waals surface area contributed by atoms with Crippen molar-refractivity contribution in [3.63, 3.8) is 0 Å². The van der Waals surface area contributed by atoms with Crippen LogP contribution < -0.4 is 0 Å². The first-order valence-electron chi connectivity index (χ1n) is 39.9. The number of unbranched alkanes of at least 4 members (excludes halogenated alkanes) is 39. The Bertz CT molecular complexity index is 2140. The molecule has 0 aliphatic heterocycles. The third-order valence-electron chi connectivity index (χ3n) is 17.1. The molecule has 0 fully saturated rings. The second-order valence-electron chi connectivity index (χ2n) is 26.8. The Morgan fingerprint density at radius 3 is 0.859 bits per heavy atom. The van der Waals surface area contributed by atoms with Gasteiger partial charge in [0.2, 0.25) is 0 Å². The van der Waals surface area contributed by atoms with Gasteiger partial charge in [0.1, 0.15) is 25.4 Å². The van der Waals surface area contributed by atoms with E-state index in [1.165, 1.54) is 173 Å². The van der Waals surface area contributed by atoms with E-state index in [0.717, 1.165) is 122 Å². The Balaban J connectivity index is 4.32. The molecule has 0 saturated carbocycles. The van der Waals surface area contributed by atoms with Crippen LogP contribution in [0, 0.1) is 0 Å². The Hall–Kier alpha value is -3.27. The van der Waals surface area contributed by atoms with Crippen molar-refractivity contribution < 1.29 is 75.8 Å². The lowest BCUT2D eigenvalue weighted by Gasteiger charge is -2.21. The topological polar surface area (TPSA) is 231 Å². The SMILES string of the molecule is CC/C=C\C/C=C\C/C=C\C/C=C\C/C=C\C/C=C\CCCCCCCCCCCCCCCCCCC(=O)OCC(O)COP(=O)(O)OCC(O)COP(=O)(O)OCC(COC(=O)CCCCCCC/C=C\CCCCCCCC)OC(=O)CCCCCCCCCCCCCCC. The number of carbonyl (C=O) groups is 3. The number of aliphatic hydroxyl groups excluding tert-OH is 2. The van der Waals surface area contributed by atoms with Crippen LogP contribution in [0.2, 0.25) is 0 Å². The number of rotatable bonds is 76. The summed E-state index contributed by atoms with van der Waals surface area (Å²) in [6.07, 6.45) is 83.7. The molecular weight excluding hydrogens is 1290 g/mol. The number of carbonyl (C=O) groups excluding carboxylic acids is 3. The number of phosphoric ester groups is 2. The summed E-state index contributed by atoms with van der Waals surface area (Å²) in [6.45, 7) is 2.60. The Morgan fingerprint density at radius 2 is 0.535 bits per heavy atom. The molecule has 5 unspecified atom stereocenters. The molecule has 0 bridgehead atoms. The van der Waals surface area contributed by atoms with Gasteiger partial charge in [-0.2, -0.15) is 0 Å². The van der Waals surface area contributed by atoms with Crippen molar-refractivity contribution in [3.05, 3.63) is 85.1 Å². The van der Waals surface area contributed by atoms with Crippen molar-refractivity contribution >= 4 is 33.6 Å². The fourth-order valence-electron chi connectivity index (χ4n) is 11.0. The van der Waals surface area contributed by atoms with Gasteiger partial charge < -0.3 is 34.2 Å². The smallest absolute Gasteiger partial charge is 0.463 e. The van der Waals surface area contributed by atoms with Gasteiger partial charge in [0.15, 0.2) is 6.10 Å². The first kappa shape index (κ1) is 95.7.